The molecule has 0 aliphatic heterocycles. The molecule has 7 heteroatoms. The van der Waals surface area contributed by atoms with Crippen molar-refractivity contribution in [3.63, 3.8) is 0 Å². The predicted molar refractivity (Wildman–Crippen MR) is 75.3 cm³/mol. The summed E-state index contributed by atoms with van der Waals surface area (Å²) in [5, 5.41) is 27.6. The van der Waals surface area contributed by atoms with E-state index < -0.39 is 5.97 Å². The maximum absolute atomic E-state index is 11.7. The molecule has 0 amide bonds. The molecule has 1 N–H and O–H groups in total. The Balaban J connectivity index is 2.96. The number of aliphatic hydroxyl groups is 1. The highest BCUT2D eigenvalue weighted by molar-refractivity contribution is 8.03. The van der Waals surface area contributed by atoms with Crippen LogP contribution in [0.4, 0.5) is 5.69 Å². The number of azo groups is 1. The van der Waals surface area contributed by atoms with Gasteiger partial charge in [-0.3, -0.25) is 0 Å². The summed E-state index contributed by atoms with van der Waals surface area (Å²) in [5.74, 6) is -1.17. The molecular weight excluding hydrogens is 278 g/mol. The second kappa shape index (κ2) is 8.72. The van der Waals surface area contributed by atoms with E-state index in [1.54, 1.807) is 36.6 Å². The van der Waals surface area contributed by atoms with Crippen molar-refractivity contribution < 1.29 is 14.6 Å². The molecule has 0 aliphatic rings. The lowest BCUT2D eigenvalue weighted by Gasteiger charge is -2.03. The van der Waals surface area contributed by atoms with Crippen LogP contribution in [0.25, 0.3) is 0 Å². The zero-order chi connectivity index (χ0) is 14.8. The summed E-state index contributed by atoms with van der Waals surface area (Å²) in [6.07, 6.45) is 0. The number of ether oxygens (including phenoxy) is 1. The largest absolute Gasteiger partial charge is 0.509 e. The maximum atomic E-state index is 11.7. The number of hydrogen-bond acceptors (Lipinski definition) is 7. The number of thiocyanates is 1. The molecule has 0 saturated heterocycles. The number of nitrogens with zero attached hydrogens (tertiary/aromatic N) is 3. The van der Waals surface area contributed by atoms with Crippen LogP contribution in [0, 0.1) is 10.7 Å². The third-order valence-corrected chi connectivity index (χ3v) is 2.58. The van der Waals surface area contributed by atoms with Gasteiger partial charge in [0.2, 0.25) is 5.70 Å². The van der Waals surface area contributed by atoms with Gasteiger partial charge >= 0.3 is 5.97 Å². The average Bonchev–Trinajstić information content (AvgIpc) is 2.46. The number of hydrogen-bond donors (Lipinski definition) is 1. The number of carbonyl (C=O) groups is 1. The zero-order valence-electron chi connectivity index (χ0n) is 10.8. The van der Waals surface area contributed by atoms with Crippen molar-refractivity contribution in [3.8, 4) is 5.40 Å². The minimum Gasteiger partial charge on any atom is -0.509 e. The number of thioether (sulfide) groups is 1. The number of rotatable bonds is 6. The maximum Gasteiger partial charge on any atom is 0.362 e. The molecule has 0 bridgehead atoms. The SMILES string of the molecule is CCOC(=O)/C(N=Nc1ccccc1)=C(/O)CSC#N. The van der Waals surface area contributed by atoms with Gasteiger partial charge in [-0.1, -0.05) is 18.2 Å². The molecule has 6 nitrogen and oxygen atoms in total. The minimum atomic E-state index is -0.775. The van der Waals surface area contributed by atoms with Crippen LogP contribution in [0.2, 0.25) is 0 Å². The van der Waals surface area contributed by atoms with Gasteiger partial charge < -0.3 is 9.84 Å². The molecular formula is C13H13N3O3S. The fraction of sp³-hybridized carbons (Fsp3) is 0.231. The Morgan fingerprint density at radius 2 is 2.15 bits per heavy atom. The molecule has 0 spiro atoms. The summed E-state index contributed by atoms with van der Waals surface area (Å²) in [7, 11) is 0. The van der Waals surface area contributed by atoms with Crippen LogP contribution < -0.4 is 0 Å². The fourth-order valence-electron chi connectivity index (χ4n) is 1.19. The van der Waals surface area contributed by atoms with Crippen LogP contribution in [-0.4, -0.2) is 23.4 Å². The van der Waals surface area contributed by atoms with Crippen molar-refractivity contribution in [1.82, 2.24) is 0 Å². The van der Waals surface area contributed by atoms with Crippen LogP contribution in [0.5, 0.6) is 0 Å². The monoisotopic (exact) mass is 291 g/mol. The Morgan fingerprint density at radius 1 is 1.45 bits per heavy atom. The summed E-state index contributed by atoms with van der Waals surface area (Å²) >= 11 is 0.790. The van der Waals surface area contributed by atoms with Gasteiger partial charge in [0.25, 0.3) is 0 Å². The first-order valence-corrected chi connectivity index (χ1v) is 6.74. The van der Waals surface area contributed by atoms with Gasteiger partial charge in [-0.2, -0.15) is 10.4 Å². The lowest BCUT2D eigenvalue weighted by atomic mass is 10.3. The van der Waals surface area contributed by atoms with Crippen LogP contribution in [-0.2, 0) is 9.53 Å². The van der Waals surface area contributed by atoms with Crippen molar-refractivity contribution in [2.24, 2.45) is 10.2 Å². The molecule has 0 unspecified atom stereocenters. The highest BCUT2D eigenvalue weighted by Gasteiger charge is 2.16. The standard InChI is InChI=1S/C13H13N3O3S/c1-2-19-13(18)12(11(17)8-20-9-14)16-15-10-6-4-3-5-7-10/h3-7,17H,2,8H2,1H3/b12-11-,16-15?. The molecule has 1 aromatic carbocycles. The van der Waals surface area contributed by atoms with E-state index in [9.17, 15) is 9.90 Å². The van der Waals surface area contributed by atoms with Crippen molar-refractivity contribution in [2.45, 2.75) is 6.92 Å². The summed E-state index contributed by atoms with van der Waals surface area (Å²) in [6, 6.07) is 8.77. The number of benzene rings is 1. The van der Waals surface area contributed by atoms with E-state index >= 15 is 0 Å². The Morgan fingerprint density at radius 3 is 2.75 bits per heavy atom. The predicted octanol–water partition coefficient (Wildman–Crippen LogP) is 3.32. The number of esters is 1. The van der Waals surface area contributed by atoms with Crippen molar-refractivity contribution in [1.29, 1.82) is 5.26 Å². The molecule has 20 heavy (non-hydrogen) atoms. The molecule has 0 atom stereocenters. The Kier molecular flexibility index (Phi) is 6.85. The van der Waals surface area contributed by atoms with E-state index in [1.165, 1.54) is 0 Å². The van der Waals surface area contributed by atoms with E-state index in [0.29, 0.717) is 5.69 Å². The molecule has 0 aliphatic carbocycles. The van der Waals surface area contributed by atoms with Crippen molar-refractivity contribution in [2.75, 3.05) is 12.4 Å². The summed E-state index contributed by atoms with van der Waals surface area (Å²) < 4.78 is 4.79. The molecule has 1 aromatic rings. The van der Waals surface area contributed by atoms with E-state index in [-0.39, 0.29) is 23.8 Å². The topological polar surface area (TPSA) is 95.0 Å². The van der Waals surface area contributed by atoms with Crippen molar-refractivity contribution in [3.05, 3.63) is 41.8 Å². The fourth-order valence-corrected chi connectivity index (χ4v) is 1.53. The smallest absolute Gasteiger partial charge is 0.362 e. The number of nitriles is 1. The molecule has 1 rings (SSSR count). The second-order valence-electron chi connectivity index (χ2n) is 3.43. The quantitative estimate of drug-likeness (QED) is 0.285. The van der Waals surface area contributed by atoms with Gasteiger partial charge in [0.1, 0.15) is 11.2 Å². The van der Waals surface area contributed by atoms with E-state index in [2.05, 4.69) is 10.2 Å². The van der Waals surface area contributed by atoms with Gasteiger partial charge in [-0.25, -0.2) is 4.79 Å². The van der Waals surface area contributed by atoms with Gasteiger partial charge in [0.15, 0.2) is 0 Å². The van der Waals surface area contributed by atoms with Crippen LogP contribution in [0.15, 0.2) is 52.0 Å². The van der Waals surface area contributed by atoms with Gasteiger partial charge in [-0.05, 0) is 30.8 Å². The van der Waals surface area contributed by atoms with Gasteiger partial charge in [0, 0.05) is 0 Å². The second-order valence-corrected chi connectivity index (χ2v) is 4.19. The molecule has 0 radical (unpaired) electrons. The first-order valence-electron chi connectivity index (χ1n) is 5.76. The number of carbonyl (C=O) groups excluding carboxylic acids is 1. The van der Waals surface area contributed by atoms with Gasteiger partial charge in [-0.15, -0.1) is 5.11 Å². The summed E-state index contributed by atoms with van der Waals surface area (Å²) in [4.78, 5) is 11.7. The molecule has 0 saturated carbocycles. The highest BCUT2D eigenvalue weighted by atomic mass is 32.2. The molecule has 0 fully saturated rings. The first kappa shape index (κ1) is 15.7. The molecule has 0 heterocycles. The Labute approximate surface area is 120 Å². The Bertz CT molecular complexity index is 550. The molecule has 104 valence electrons. The van der Waals surface area contributed by atoms with E-state index in [0.717, 1.165) is 11.8 Å². The third-order valence-electron chi connectivity index (χ3n) is 2.04. The third kappa shape index (κ3) is 5.12. The minimum absolute atomic E-state index is 0.0571. The highest BCUT2D eigenvalue weighted by Crippen LogP contribution is 2.16. The Hall–Kier alpha value is -2.33. The van der Waals surface area contributed by atoms with Gasteiger partial charge in [0.05, 0.1) is 18.0 Å². The summed E-state index contributed by atoms with van der Waals surface area (Å²) in [6.45, 7) is 1.80. The van der Waals surface area contributed by atoms with Crippen LogP contribution in [0.1, 0.15) is 6.92 Å². The lowest BCUT2D eigenvalue weighted by Crippen LogP contribution is -2.09. The molecule has 0 aromatic heterocycles. The average molecular weight is 291 g/mol. The van der Waals surface area contributed by atoms with Crippen LogP contribution in [0.3, 0.4) is 0 Å². The normalized spacial score (nSPS) is 11.8. The first-order chi connectivity index (χ1) is 9.69. The summed E-state index contributed by atoms with van der Waals surface area (Å²) in [5.41, 5.74) is 0.244. The van der Waals surface area contributed by atoms with E-state index in [4.69, 9.17) is 10.00 Å². The lowest BCUT2D eigenvalue weighted by molar-refractivity contribution is -0.138. The van der Waals surface area contributed by atoms with Crippen LogP contribution >= 0.6 is 11.8 Å². The number of aliphatic hydroxyl groups excluding tert-OH is 1. The van der Waals surface area contributed by atoms with E-state index in [1.807, 2.05) is 6.07 Å². The zero-order valence-corrected chi connectivity index (χ0v) is 11.6. The van der Waals surface area contributed by atoms with Crippen molar-refractivity contribution >= 4 is 23.4 Å².